The summed E-state index contributed by atoms with van der Waals surface area (Å²) in [6.07, 6.45) is 3.27. The fraction of sp³-hybridized carbons (Fsp3) is 0.160. The first kappa shape index (κ1) is 21.8. The summed E-state index contributed by atoms with van der Waals surface area (Å²) in [7, 11) is 0. The molecule has 3 heterocycles. The molecule has 1 aromatic carbocycles. The van der Waals surface area contributed by atoms with E-state index in [2.05, 4.69) is 44.3 Å². The van der Waals surface area contributed by atoms with Gasteiger partial charge in [-0.25, -0.2) is 4.98 Å². The van der Waals surface area contributed by atoms with E-state index < -0.39 is 0 Å². The van der Waals surface area contributed by atoms with Crippen molar-refractivity contribution < 1.29 is 9.21 Å². The summed E-state index contributed by atoms with van der Waals surface area (Å²) < 4.78 is 5.20. The van der Waals surface area contributed by atoms with E-state index in [1.165, 1.54) is 34.5 Å². The number of furan rings is 1. The normalized spacial score (nSPS) is 11.9. The molecule has 5 nitrogen and oxygen atoms in total. The van der Waals surface area contributed by atoms with Crippen LogP contribution in [0.1, 0.15) is 47.5 Å². The minimum atomic E-state index is -0.358. The number of thiazole rings is 1. The van der Waals surface area contributed by atoms with Gasteiger partial charge in [-0.1, -0.05) is 62.4 Å². The molecule has 32 heavy (non-hydrogen) atoms. The molecular formula is C25H21N3O2S2. The highest BCUT2D eigenvalue weighted by Crippen LogP contribution is 2.38. The molecule has 0 atom stereocenters. The zero-order valence-electron chi connectivity index (χ0n) is 17.9. The first-order chi connectivity index (χ1) is 15.3. The fourth-order valence-corrected chi connectivity index (χ4v) is 4.79. The lowest BCUT2D eigenvalue weighted by Crippen LogP contribution is -2.10. The lowest BCUT2D eigenvalue weighted by Gasteiger charge is -2.18. The monoisotopic (exact) mass is 459 g/mol. The maximum absolute atomic E-state index is 12.5. The van der Waals surface area contributed by atoms with E-state index >= 15 is 0 Å². The molecule has 3 aromatic heterocycles. The zero-order valence-corrected chi connectivity index (χ0v) is 19.5. The fourth-order valence-electron chi connectivity index (χ4n) is 3.06. The van der Waals surface area contributed by atoms with Gasteiger partial charge in [0.05, 0.1) is 16.7 Å². The second-order valence-corrected chi connectivity index (χ2v) is 10.1. The van der Waals surface area contributed by atoms with Gasteiger partial charge in [-0.3, -0.25) is 4.79 Å². The molecular weight excluding hydrogens is 438 g/mol. The number of anilines is 1. The van der Waals surface area contributed by atoms with E-state index in [4.69, 9.17) is 9.40 Å². The van der Waals surface area contributed by atoms with Crippen molar-refractivity contribution in [3.8, 4) is 16.6 Å². The molecule has 1 N–H and O–H groups in total. The van der Waals surface area contributed by atoms with E-state index in [1.807, 2.05) is 35.7 Å². The third-order valence-electron chi connectivity index (χ3n) is 4.79. The van der Waals surface area contributed by atoms with Crippen molar-refractivity contribution in [1.29, 1.82) is 5.26 Å². The number of allylic oxidation sites excluding steroid dienone is 1. The number of carbonyl (C=O) groups is 1. The first-order valence-corrected chi connectivity index (χ1v) is 11.7. The van der Waals surface area contributed by atoms with Crippen molar-refractivity contribution in [2.24, 2.45) is 0 Å². The summed E-state index contributed by atoms with van der Waals surface area (Å²) in [5, 5.41) is 15.8. The maximum atomic E-state index is 12.5. The molecule has 7 heteroatoms. The minimum absolute atomic E-state index is 0.0618. The quantitative estimate of drug-likeness (QED) is 0.323. The minimum Gasteiger partial charge on any atom is -0.459 e. The molecule has 4 aromatic rings. The Labute approximate surface area is 194 Å². The van der Waals surface area contributed by atoms with Crippen molar-refractivity contribution in [1.82, 2.24) is 4.98 Å². The van der Waals surface area contributed by atoms with Crippen LogP contribution in [0.15, 0.2) is 64.6 Å². The molecule has 0 spiro atoms. The van der Waals surface area contributed by atoms with Crippen LogP contribution in [0.2, 0.25) is 0 Å². The number of nitrogens with zero attached hydrogens (tertiary/aromatic N) is 2. The van der Waals surface area contributed by atoms with Gasteiger partial charge in [-0.05, 0) is 46.2 Å². The van der Waals surface area contributed by atoms with Gasteiger partial charge < -0.3 is 9.73 Å². The first-order valence-electron chi connectivity index (χ1n) is 9.97. The topological polar surface area (TPSA) is 78.9 Å². The second-order valence-electron chi connectivity index (χ2n) is 8.15. The predicted octanol–water partition coefficient (Wildman–Crippen LogP) is 7.08. The SMILES string of the molecule is CC(C)(C)c1ccc(/C=C(\C#N)c2nc(-c3cccs3)c(NC(=O)c3ccco3)s2)cc1. The number of carbonyl (C=O) groups excluding carboxylic acids is 1. The van der Waals surface area contributed by atoms with Crippen molar-refractivity contribution in [2.75, 3.05) is 5.32 Å². The molecule has 0 saturated heterocycles. The predicted molar refractivity (Wildman–Crippen MR) is 131 cm³/mol. The summed E-state index contributed by atoms with van der Waals surface area (Å²) in [5.74, 6) is -0.143. The average molecular weight is 460 g/mol. The van der Waals surface area contributed by atoms with Crippen LogP contribution in [0.25, 0.3) is 22.2 Å². The van der Waals surface area contributed by atoms with Crippen LogP contribution >= 0.6 is 22.7 Å². The highest BCUT2D eigenvalue weighted by molar-refractivity contribution is 7.19. The van der Waals surface area contributed by atoms with Gasteiger partial charge in [-0.2, -0.15) is 5.26 Å². The summed E-state index contributed by atoms with van der Waals surface area (Å²) in [6.45, 7) is 6.50. The third kappa shape index (κ3) is 4.72. The summed E-state index contributed by atoms with van der Waals surface area (Å²) in [6, 6.07) is 17.6. The van der Waals surface area contributed by atoms with Crippen molar-refractivity contribution in [2.45, 2.75) is 26.2 Å². The number of hydrogen-bond donors (Lipinski definition) is 1. The third-order valence-corrected chi connectivity index (χ3v) is 6.67. The Morgan fingerprint density at radius 1 is 1.16 bits per heavy atom. The van der Waals surface area contributed by atoms with Gasteiger partial charge in [0, 0.05) is 0 Å². The van der Waals surface area contributed by atoms with Crippen LogP contribution in [0.4, 0.5) is 5.00 Å². The lowest BCUT2D eigenvalue weighted by atomic mass is 9.86. The highest BCUT2D eigenvalue weighted by Gasteiger charge is 2.20. The summed E-state index contributed by atoms with van der Waals surface area (Å²) >= 11 is 2.80. The molecule has 0 aliphatic rings. The van der Waals surface area contributed by atoms with E-state index in [-0.39, 0.29) is 17.1 Å². The van der Waals surface area contributed by atoms with Crippen LogP contribution in [0.5, 0.6) is 0 Å². The Morgan fingerprint density at radius 3 is 2.53 bits per heavy atom. The second kappa shape index (κ2) is 8.95. The zero-order chi connectivity index (χ0) is 22.7. The molecule has 0 aliphatic carbocycles. The Hall–Kier alpha value is -3.47. The Bertz CT molecular complexity index is 1280. The van der Waals surface area contributed by atoms with Crippen LogP contribution in [-0.2, 0) is 5.41 Å². The molecule has 0 unspecified atom stereocenters. The summed E-state index contributed by atoms with van der Waals surface area (Å²) in [4.78, 5) is 18.2. The Kier molecular flexibility index (Phi) is 6.08. The molecule has 0 fully saturated rings. The van der Waals surface area contributed by atoms with E-state index in [1.54, 1.807) is 12.1 Å². The van der Waals surface area contributed by atoms with Gasteiger partial charge >= 0.3 is 0 Å². The Morgan fingerprint density at radius 2 is 1.94 bits per heavy atom. The number of rotatable bonds is 5. The number of thiophene rings is 1. The van der Waals surface area contributed by atoms with Crippen molar-refractivity contribution in [3.63, 3.8) is 0 Å². The summed E-state index contributed by atoms with van der Waals surface area (Å²) in [5.41, 5.74) is 3.29. The van der Waals surface area contributed by atoms with Crippen molar-refractivity contribution >= 4 is 45.2 Å². The molecule has 0 radical (unpaired) electrons. The number of nitrogens with one attached hydrogen (secondary N) is 1. The van der Waals surface area contributed by atoms with Crippen LogP contribution in [0.3, 0.4) is 0 Å². The van der Waals surface area contributed by atoms with Gasteiger partial charge in [0.15, 0.2) is 5.76 Å². The van der Waals surface area contributed by atoms with Crippen LogP contribution in [-0.4, -0.2) is 10.9 Å². The molecule has 0 bridgehead atoms. The van der Waals surface area contributed by atoms with E-state index in [0.717, 1.165) is 10.4 Å². The number of aromatic nitrogens is 1. The Balaban J connectivity index is 1.69. The van der Waals surface area contributed by atoms with Gasteiger partial charge in [0.25, 0.3) is 5.91 Å². The van der Waals surface area contributed by atoms with E-state index in [9.17, 15) is 10.1 Å². The molecule has 0 saturated carbocycles. The number of benzene rings is 1. The molecule has 160 valence electrons. The maximum Gasteiger partial charge on any atom is 0.292 e. The van der Waals surface area contributed by atoms with Gasteiger partial charge in [0.1, 0.15) is 21.8 Å². The largest absolute Gasteiger partial charge is 0.459 e. The highest BCUT2D eigenvalue weighted by atomic mass is 32.1. The van der Waals surface area contributed by atoms with Gasteiger partial charge in [-0.15, -0.1) is 11.3 Å². The molecule has 0 aliphatic heterocycles. The standard InChI is InChI=1S/C25H21N3O2S2/c1-25(2,3)18-10-8-16(9-11-18)14-17(15-26)23-27-21(20-7-5-13-31-20)24(32-23)28-22(29)19-6-4-12-30-19/h4-14H,1-3H3,(H,28,29)/b17-14+. The van der Waals surface area contributed by atoms with E-state index in [0.29, 0.717) is 21.3 Å². The smallest absolute Gasteiger partial charge is 0.292 e. The van der Waals surface area contributed by atoms with Crippen LogP contribution in [0, 0.1) is 11.3 Å². The van der Waals surface area contributed by atoms with Gasteiger partial charge in [0.2, 0.25) is 0 Å². The average Bonchev–Trinajstić information content (AvgIpc) is 3.53. The number of amides is 1. The van der Waals surface area contributed by atoms with Crippen LogP contribution < -0.4 is 5.32 Å². The number of nitriles is 1. The van der Waals surface area contributed by atoms with Crippen molar-refractivity contribution in [3.05, 3.63) is 82.1 Å². The molecule has 4 rings (SSSR count). The lowest BCUT2D eigenvalue weighted by molar-refractivity contribution is 0.0997. The number of hydrogen-bond acceptors (Lipinski definition) is 6. The molecule has 1 amide bonds.